The maximum atomic E-state index is 12.6. The molecule has 0 aromatic heterocycles. The fourth-order valence-electron chi connectivity index (χ4n) is 3.93. The van der Waals surface area contributed by atoms with E-state index in [1.807, 2.05) is 54.6 Å². The normalized spacial score (nSPS) is 18.8. The molecule has 3 atom stereocenters. The van der Waals surface area contributed by atoms with E-state index in [4.69, 9.17) is 9.47 Å². The molecule has 0 radical (unpaired) electrons. The van der Waals surface area contributed by atoms with E-state index in [1.165, 1.54) is 0 Å². The fourth-order valence-corrected chi connectivity index (χ4v) is 3.93. The highest BCUT2D eigenvalue weighted by Crippen LogP contribution is 2.22. The Bertz CT molecular complexity index is 1200. The third kappa shape index (κ3) is 6.71. The first-order chi connectivity index (χ1) is 17.5. The van der Waals surface area contributed by atoms with Gasteiger partial charge in [-0.2, -0.15) is 0 Å². The van der Waals surface area contributed by atoms with Crippen molar-refractivity contribution >= 4 is 23.3 Å². The third-order valence-corrected chi connectivity index (χ3v) is 5.75. The predicted octanol–water partition coefficient (Wildman–Crippen LogP) is 4.20. The average molecular weight is 488 g/mol. The van der Waals surface area contributed by atoms with E-state index in [0.717, 1.165) is 11.1 Å². The van der Waals surface area contributed by atoms with Gasteiger partial charge in [0.1, 0.15) is 11.9 Å². The Kier molecular flexibility index (Phi) is 8.33. The zero-order chi connectivity index (χ0) is 25.3. The van der Waals surface area contributed by atoms with Crippen molar-refractivity contribution in [1.82, 2.24) is 5.32 Å². The van der Waals surface area contributed by atoms with Crippen molar-refractivity contribution < 1.29 is 24.2 Å². The standard InChI is InChI=1S/C28H29N3O5/c1-35-23-9-5-8-22(16-23)30-28(34)31-25-15-14-24(36-26(25)18-32)17-27(33)29-21-12-10-20(11-13-21)19-6-3-2-4-7-19/h2-16,24-26,32H,17-18H2,1H3,(H,29,33)(H2,30,31,34)/t24-,25+,26+/m1/s1. The highest BCUT2D eigenvalue weighted by Gasteiger charge is 2.29. The van der Waals surface area contributed by atoms with Crippen LogP contribution in [0.15, 0.2) is 91.0 Å². The number of aliphatic hydroxyl groups excluding tert-OH is 1. The van der Waals surface area contributed by atoms with Gasteiger partial charge in [-0.05, 0) is 35.4 Å². The van der Waals surface area contributed by atoms with Gasteiger partial charge in [-0.15, -0.1) is 0 Å². The number of benzene rings is 3. The molecule has 0 saturated heterocycles. The lowest BCUT2D eigenvalue weighted by Gasteiger charge is -2.31. The summed E-state index contributed by atoms with van der Waals surface area (Å²) in [4.78, 5) is 25.0. The zero-order valence-corrected chi connectivity index (χ0v) is 19.9. The quantitative estimate of drug-likeness (QED) is 0.356. The number of carbonyl (C=O) groups excluding carboxylic acids is 2. The molecule has 0 unspecified atom stereocenters. The summed E-state index contributed by atoms with van der Waals surface area (Å²) < 4.78 is 11.0. The molecular formula is C28H29N3O5. The Hall–Kier alpha value is -4.14. The second-order valence-corrected chi connectivity index (χ2v) is 8.33. The minimum atomic E-state index is -0.686. The molecule has 0 aliphatic carbocycles. The second kappa shape index (κ2) is 12.0. The summed E-state index contributed by atoms with van der Waals surface area (Å²) in [7, 11) is 1.55. The van der Waals surface area contributed by atoms with Gasteiger partial charge in [0.2, 0.25) is 5.91 Å². The van der Waals surface area contributed by atoms with Crippen LogP contribution in [0.3, 0.4) is 0 Å². The summed E-state index contributed by atoms with van der Waals surface area (Å²) in [6.07, 6.45) is 2.33. The average Bonchev–Trinajstić information content (AvgIpc) is 2.90. The summed E-state index contributed by atoms with van der Waals surface area (Å²) in [6.45, 7) is -0.312. The number of hydrogen-bond acceptors (Lipinski definition) is 5. The Morgan fingerprint density at radius 2 is 1.64 bits per heavy atom. The molecule has 8 heteroatoms. The lowest BCUT2D eigenvalue weighted by Crippen LogP contribution is -2.50. The van der Waals surface area contributed by atoms with Crippen LogP contribution in [-0.4, -0.2) is 49.0 Å². The van der Waals surface area contributed by atoms with E-state index < -0.39 is 24.3 Å². The number of aliphatic hydroxyl groups is 1. The monoisotopic (exact) mass is 487 g/mol. The highest BCUT2D eigenvalue weighted by molar-refractivity contribution is 5.91. The van der Waals surface area contributed by atoms with Crippen LogP contribution in [-0.2, 0) is 9.53 Å². The number of urea groups is 1. The number of carbonyl (C=O) groups is 2. The Balaban J connectivity index is 1.29. The molecule has 1 aliphatic heterocycles. The minimum Gasteiger partial charge on any atom is -0.497 e. The number of rotatable bonds is 8. The van der Waals surface area contributed by atoms with Gasteiger partial charge in [-0.3, -0.25) is 4.79 Å². The molecule has 4 rings (SSSR count). The van der Waals surface area contributed by atoms with Crippen molar-refractivity contribution in [3.05, 3.63) is 91.0 Å². The van der Waals surface area contributed by atoms with Crippen LogP contribution in [0.25, 0.3) is 11.1 Å². The molecule has 0 spiro atoms. The zero-order valence-electron chi connectivity index (χ0n) is 19.9. The molecule has 3 aromatic carbocycles. The van der Waals surface area contributed by atoms with Gasteiger partial charge in [0.15, 0.2) is 0 Å². The van der Waals surface area contributed by atoms with Gasteiger partial charge in [-0.1, -0.05) is 60.7 Å². The molecule has 0 saturated carbocycles. The van der Waals surface area contributed by atoms with Crippen LogP contribution >= 0.6 is 0 Å². The molecule has 8 nitrogen and oxygen atoms in total. The van der Waals surface area contributed by atoms with Gasteiger partial charge in [-0.25, -0.2) is 4.79 Å². The smallest absolute Gasteiger partial charge is 0.319 e. The van der Waals surface area contributed by atoms with Crippen molar-refractivity contribution in [2.45, 2.75) is 24.7 Å². The van der Waals surface area contributed by atoms with Crippen LogP contribution in [0.2, 0.25) is 0 Å². The van der Waals surface area contributed by atoms with Crippen LogP contribution < -0.4 is 20.7 Å². The summed E-state index contributed by atoms with van der Waals surface area (Å²) in [5.74, 6) is 0.408. The molecule has 186 valence electrons. The first-order valence-corrected chi connectivity index (χ1v) is 11.7. The second-order valence-electron chi connectivity index (χ2n) is 8.33. The van der Waals surface area contributed by atoms with E-state index in [1.54, 1.807) is 43.5 Å². The van der Waals surface area contributed by atoms with Gasteiger partial charge < -0.3 is 30.5 Å². The molecule has 3 amide bonds. The first kappa shape index (κ1) is 25.0. The van der Waals surface area contributed by atoms with Crippen molar-refractivity contribution in [3.63, 3.8) is 0 Å². The lowest BCUT2D eigenvalue weighted by atomic mass is 10.0. The van der Waals surface area contributed by atoms with Gasteiger partial charge >= 0.3 is 6.03 Å². The third-order valence-electron chi connectivity index (χ3n) is 5.75. The first-order valence-electron chi connectivity index (χ1n) is 11.7. The molecule has 1 heterocycles. The summed E-state index contributed by atoms with van der Waals surface area (Å²) in [5, 5.41) is 18.2. The topological polar surface area (TPSA) is 109 Å². The number of nitrogens with one attached hydrogen (secondary N) is 3. The fraction of sp³-hybridized carbons (Fsp3) is 0.214. The Labute approximate surface area is 209 Å². The van der Waals surface area contributed by atoms with Gasteiger partial charge in [0, 0.05) is 17.4 Å². The maximum absolute atomic E-state index is 12.6. The molecule has 3 aromatic rings. The number of ether oxygens (including phenoxy) is 2. The molecule has 36 heavy (non-hydrogen) atoms. The van der Waals surface area contributed by atoms with Crippen LogP contribution in [0.4, 0.5) is 16.2 Å². The van der Waals surface area contributed by atoms with Crippen molar-refractivity contribution in [3.8, 4) is 16.9 Å². The molecule has 4 N–H and O–H groups in total. The van der Waals surface area contributed by atoms with Crippen LogP contribution in [0.5, 0.6) is 5.75 Å². The molecule has 0 fully saturated rings. The summed E-state index contributed by atoms with van der Waals surface area (Å²) in [6, 6.07) is 23.6. The van der Waals surface area contributed by atoms with Crippen LogP contribution in [0.1, 0.15) is 6.42 Å². The largest absolute Gasteiger partial charge is 0.497 e. The molecular weight excluding hydrogens is 458 g/mol. The highest BCUT2D eigenvalue weighted by atomic mass is 16.5. The van der Waals surface area contributed by atoms with E-state index in [0.29, 0.717) is 17.1 Å². The van der Waals surface area contributed by atoms with Gasteiger partial charge in [0.05, 0.1) is 32.3 Å². The summed E-state index contributed by atoms with van der Waals surface area (Å²) in [5.41, 5.74) is 3.42. The predicted molar refractivity (Wildman–Crippen MR) is 139 cm³/mol. The number of methoxy groups -OCH3 is 1. The lowest BCUT2D eigenvalue weighted by molar-refractivity contribution is -0.120. The Morgan fingerprint density at radius 1 is 0.889 bits per heavy atom. The van der Waals surface area contributed by atoms with Crippen molar-refractivity contribution in [1.29, 1.82) is 0 Å². The van der Waals surface area contributed by atoms with Gasteiger partial charge in [0.25, 0.3) is 0 Å². The SMILES string of the molecule is COc1cccc(NC(=O)N[C@H]2C=C[C@H](CC(=O)Nc3ccc(-c4ccccc4)cc3)O[C@H]2CO)c1. The van der Waals surface area contributed by atoms with E-state index in [2.05, 4.69) is 16.0 Å². The molecule has 1 aliphatic rings. The van der Waals surface area contributed by atoms with E-state index in [-0.39, 0.29) is 18.9 Å². The van der Waals surface area contributed by atoms with E-state index >= 15 is 0 Å². The maximum Gasteiger partial charge on any atom is 0.319 e. The van der Waals surface area contributed by atoms with Crippen LogP contribution in [0, 0.1) is 0 Å². The van der Waals surface area contributed by atoms with E-state index in [9.17, 15) is 14.7 Å². The number of hydrogen-bond donors (Lipinski definition) is 4. The Morgan fingerprint density at radius 3 is 2.36 bits per heavy atom. The van der Waals surface area contributed by atoms with Crippen molar-refractivity contribution in [2.24, 2.45) is 0 Å². The summed E-state index contributed by atoms with van der Waals surface area (Å²) >= 11 is 0. The minimum absolute atomic E-state index is 0.0795. The number of anilines is 2. The van der Waals surface area contributed by atoms with Crippen molar-refractivity contribution in [2.75, 3.05) is 24.4 Å². The molecule has 0 bridgehead atoms. The number of amides is 3.